The van der Waals surface area contributed by atoms with Gasteiger partial charge in [0, 0.05) is 5.56 Å². The SMILES string of the molecule is COc1cc(C(=O)/C=C/C=C/c2ccccc2)cc(OC)c1OC. The van der Waals surface area contributed by atoms with E-state index in [1.165, 1.54) is 27.4 Å². The maximum Gasteiger partial charge on any atom is 0.203 e. The fourth-order valence-corrected chi connectivity index (χ4v) is 2.19. The first-order valence-electron chi connectivity index (χ1n) is 7.43. The van der Waals surface area contributed by atoms with Crippen LogP contribution in [0.3, 0.4) is 0 Å². The minimum Gasteiger partial charge on any atom is -0.493 e. The number of allylic oxidation sites excluding steroid dienone is 3. The summed E-state index contributed by atoms with van der Waals surface area (Å²) < 4.78 is 15.8. The number of hydrogen-bond donors (Lipinski definition) is 0. The molecule has 2 aromatic rings. The smallest absolute Gasteiger partial charge is 0.203 e. The van der Waals surface area contributed by atoms with Crippen molar-refractivity contribution in [2.24, 2.45) is 0 Å². The van der Waals surface area contributed by atoms with Crippen LogP contribution < -0.4 is 14.2 Å². The second-order valence-corrected chi connectivity index (χ2v) is 4.91. The highest BCUT2D eigenvalue weighted by Crippen LogP contribution is 2.38. The van der Waals surface area contributed by atoms with Crippen molar-refractivity contribution in [3.05, 3.63) is 71.8 Å². The van der Waals surface area contributed by atoms with Crippen LogP contribution in [0, 0.1) is 0 Å². The van der Waals surface area contributed by atoms with Gasteiger partial charge in [-0.1, -0.05) is 48.6 Å². The Kier molecular flexibility index (Phi) is 6.20. The van der Waals surface area contributed by atoms with Crippen LogP contribution in [0.2, 0.25) is 0 Å². The van der Waals surface area contributed by atoms with E-state index in [4.69, 9.17) is 14.2 Å². The molecule has 0 N–H and O–H groups in total. The summed E-state index contributed by atoms with van der Waals surface area (Å²) in [5.74, 6) is 1.22. The Balaban J connectivity index is 2.17. The third kappa shape index (κ3) is 4.26. The maximum absolute atomic E-state index is 12.3. The Hall–Kier alpha value is -3.01. The van der Waals surface area contributed by atoms with Crippen LogP contribution >= 0.6 is 0 Å². The third-order valence-corrected chi connectivity index (χ3v) is 3.40. The van der Waals surface area contributed by atoms with Crippen LogP contribution in [-0.2, 0) is 0 Å². The van der Waals surface area contributed by atoms with E-state index in [-0.39, 0.29) is 5.78 Å². The quantitative estimate of drug-likeness (QED) is 0.436. The van der Waals surface area contributed by atoms with Crippen LogP contribution in [0.25, 0.3) is 6.08 Å². The number of carbonyl (C=O) groups excluding carboxylic acids is 1. The minimum absolute atomic E-state index is 0.146. The van der Waals surface area contributed by atoms with Crippen LogP contribution in [0.5, 0.6) is 17.2 Å². The molecule has 0 fully saturated rings. The summed E-state index contributed by atoms with van der Waals surface area (Å²) >= 11 is 0. The van der Waals surface area contributed by atoms with Gasteiger partial charge in [-0.15, -0.1) is 0 Å². The lowest BCUT2D eigenvalue weighted by molar-refractivity contribution is 0.104. The molecular formula is C20H20O4. The molecule has 0 bridgehead atoms. The van der Waals surface area contributed by atoms with E-state index in [2.05, 4.69) is 0 Å². The van der Waals surface area contributed by atoms with Gasteiger partial charge in [-0.2, -0.15) is 0 Å². The summed E-state index contributed by atoms with van der Waals surface area (Å²) in [7, 11) is 4.56. The molecule has 2 aromatic carbocycles. The first-order valence-corrected chi connectivity index (χ1v) is 7.43. The molecule has 0 atom stereocenters. The number of ether oxygens (including phenoxy) is 3. The van der Waals surface area contributed by atoms with Gasteiger partial charge in [0.2, 0.25) is 5.75 Å². The largest absolute Gasteiger partial charge is 0.493 e. The summed E-state index contributed by atoms with van der Waals surface area (Å²) in [6.45, 7) is 0. The van der Waals surface area contributed by atoms with Gasteiger partial charge in [0.05, 0.1) is 21.3 Å². The Bertz CT molecular complexity index is 720. The first kappa shape index (κ1) is 17.3. The van der Waals surface area contributed by atoms with Crippen LogP contribution in [0.1, 0.15) is 15.9 Å². The van der Waals surface area contributed by atoms with E-state index < -0.39 is 0 Å². The average Bonchev–Trinajstić information content (AvgIpc) is 2.64. The first-order chi connectivity index (χ1) is 11.7. The zero-order valence-corrected chi connectivity index (χ0v) is 14.0. The molecular weight excluding hydrogens is 304 g/mol. The Labute approximate surface area is 142 Å². The molecule has 0 aromatic heterocycles. The Morgan fingerprint density at radius 2 is 1.50 bits per heavy atom. The van der Waals surface area contributed by atoms with Crippen molar-refractivity contribution in [3.63, 3.8) is 0 Å². The fourth-order valence-electron chi connectivity index (χ4n) is 2.19. The predicted octanol–water partition coefficient (Wildman–Crippen LogP) is 4.16. The highest BCUT2D eigenvalue weighted by Gasteiger charge is 2.15. The average molecular weight is 324 g/mol. The zero-order chi connectivity index (χ0) is 17.4. The highest BCUT2D eigenvalue weighted by atomic mass is 16.5. The molecule has 0 heterocycles. The Morgan fingerprint density at radius 3 is 2.04 bits per heavy atom. The minimum atomic E-state index is -0.146. The number of carbonyl (C=O) groups is 1. The fraction of sp³-hybridized carbons (Fsp3) is 0.150. The summed E-state index contributed by atoms with van der Waals surface area (Å²) in [6.07, 6.45) is 6.96. The Morgan fingerprint density at radius 1 is 0.875 bits per heavy atom. The molecule has 0 aliphatic rings. The highest BCUT2D eigenvalue weighted by molar-refractivity contribution is 6.05. The van der Waals surface area contributed by atoms with Gasteiger partial charge in [-0.25, -0.2) is 0 Å². The maximum atomic E-state index is 12.3. The van der Waals surface area contributed by atoms with Crippen molar-refractivity contribution in [2.75, 3.05) is 21.3 Å². The number of ketones is 1. The normalized spacial score (nSPS) is 11.0. The second kappa shape index (κ2) is 8.58. The van der Waals surface area contributed by atoms with Gasteiger partial charge < -0.3 is 14.2 Å². The van der Waals surface area contributed by atoms with Crippen LogP contribution in [-0.4, -0.2) is 27.1 Å². The summed E-state index contributed by atoms with van der Waals surface area (Å²) in [6, 6.07) is 13.1. The van der Waals surface area contributed by atoms with Gasteiger partial charge in [0.15, 0.2) is 17.3 Å². The van der Waals surface area contributed by atoms with E-state index in [1.54, 1.807) is 18.2 Å². The summed E-state index contributed by atoms with van der Waals surface area (Å²) in [5.41, 5.74) is 1.54. The van der Waals surface area contributed by atoms with Gasteiger partial charge in [0.1, 0.15) is 0 Å². The standard InChI is InChI=1S/C20H20O4/c1-22-18-13-16(14-19(23-2)20(18)24-3)17(21)12-8-7-11-15-9-5-4-6-10-15/h4-14H,1-3H3/b11-7+,12-8+. The van der Waals surface area contributed by atoms with Crippen molar-refractivity contribution in [2.45, 2.75) is 0 Å². The molecule has 4 heteroatoms. The molecule has 0 spiro atoms. The van der Waals surface area contributed by atoms with E-state index in [0.717, 1.165) is 5.56 Å². The monoisotopic (exact) mass is 324 g/mol. The van der Waals surface area contributed by atoms with Crippen LogP contribution in [0.15, 0.2) is 60.7 Å². The molecule has 0 amide bonds. The number of benzene rings is 2. The molecule has 24 heavy (non-hydrogen) atoms. The van der Waals surface area contributed by atoms with Gasteiger partial charge in [0.25, 0.3) is 0 Å². The van der Waals surface area contributed by atoms with E-state index >= 15 is 0 Å². The van der Waals surface area contributed by atoms with E-state index in [9.17, 15) is 4.79 Å². The summed E-state index contributed by atoms with van der Waals surface area (Å²) in [5, 5.41) is 0. The lowest BCUT2D eigenvalue weighted by atomic mass is 10.1. The topological polar surface area (TPSA) is 44.8 Å². The van der Waals surface area contributed by atoms with Crippen LogP contribution in [0.4, 0.5) is 0 Å². The molecule has 2 rings (SSSR count). The molecule has 124 valence electrons. The lowest BCUT2D eigenvalue weighted by Gasteiger charge is -2.13. The molecule has 0 aliphatic carbocycles. The summed E-state index contributed by atoms with van der Waals surface area (Å²) in [4.78, 5) is 12.3. The predicted molar refractivity (Wildman–Crippen MR) is 95.0 cm³/mol. The zero-order valence-electron chi connectivity index (χ0n) is 14.0. The number of hydrogen-bond acceptors (Lipinski definition) is 4. The third-order valence-electron chi connectivity index (χ3n) is 3.40. The van der Waals surface area contributed by atoms with Crippen molar-refractivity contribution in [1.82, 2.24) is 0 Å². The van der Waals surface area contributed by atoms with Gasteiger partial charge >= 0.3 is 0 Å². The number of methoxy groups -OCH3 is 3. The van der Waals surface area contributed by atoms with Crippen molar-refractivity contribution in [1.29, 1.82) is 0 Å². The van der Waals surface area contributed by atoms with Gasteiger partial charge in [-0.05, 0) is 23.8 Å². The van der Waals surface area contributed by atoms with E-state index in [1.807, 2.05) is 42.5 Å². The molecule has 0 unspecified atom stereocenters. The molecule has 4 nitrogen and oxygen atoms in total. The number of rotatable bonds is 7. The lowest BCUT2D eigenvalue weighted by Crippen LogP contribution is -2.00. The molecule has 0 saturated heterocycles. The van der Waals surface area contributed by atoms with E-state index in [0.29, 0.717) is 22.8 Å². The second-order valence-electron chi connectivity index (χ2n) is 4.91. The molecule has 0 radical (unpaired) electrons. The molecule has 0 aliphatic heterocycles. The van der Waals surface area contributed by atoms with Crippen molar-refractivity contribution >= 4 is 11.9 Å². The van der Waals surface area contributed by atoms with Crippen molar-refractivity contribution in [3.8, 4) is 17.2 Å². The van der Waals surface area contributed by atoms with Gasteiger partial charge in [-0.3, -0.25) is 4.79 Å². The van der Waals surface area contributed by atoms with Crippen molar-refractivity contribution < 1.29 is 19.0 Å². The molecule has 0 saturated carbocycles.